The molecule has 0 aliphatic carbocycles. The fourth-order valence-corrected chi connectivity index (χ4v) is 4.28. The predicted molar refractivity (Wildman–Crippen MR) is 133 cm³/mol. The molecule has 34 heavy (non-hydrogen) atoms. The van der Waals surface area contributed by atoms with Crippen LogP contribution in [0.5, 0.6) is 5.75 Å². The second-order valence-corrected chi connectivity index (χ2v) is 8.85. The van der Waals surface area contributed by atoms with Crippen LogP contribution in [-0.4, -0.2) is 58.8 Å². The average molecular weight is 482 g/mol. The third-order valence-electron chi connectivity index (χ3n) is 5.63. The fourth-order valence-electron chi connectivity index (χ4n) is 4.05. The SMILES string of the molecule is CNCC(O)COc1cc(Cl)cc(-c2nc(C3=C(C)CN=C3C)cc(-c3c(C)noc3C)n2)c1. The highest BCUT2D eigenvalue weighted by Crippen LogP contribution is 2.34. The van der Waals surface area contributed by atoms with Crippen molar-refractivity contribution in [1.29, 1.82) is 0 Å². The Labute approximate surface area is 203 Å². The molecule has 3 aromatic rings. The normalized spacial score (nSPS) is 14.5. The number of hydrogen-bond donors (Lipinski definition) is 2. The number of benzene rings is 1. The van der Waals surface area contributed by atoms with Gasteiger partial charge in [0.1, 0.15) is 24.2 Å². The first-order valence-corrected chi connectivity index (χ1v) is 11.4. The molecule has 0 saturated heterocycles. The van der Waals surface area contributed by atoms with Crippen molar-refractivity contribution >= 4 is 22.9 Å². The maximum atomic E-state index is 9.99. The molecule has 4 rings (SSSR count). The van der Waals surface area contributed by atoms with Gasteiger partial charge in [0, 0.05) is 28.4 Å². The molecule has 8 nitrogen and oxygen atoms in total. The molecule has 0 bridgehead atoms. The second-order valence-electron chi connectivity index (χ2n) is 8.42. The molecule has 1 aliphatic rings. The van der Waals surface area contributed by atoms with Crippen LogP contribution in [-0.2, 0) is 0 Å². The van der Waals surface area contributed by atoms with Gasteiger partial charge in [-0.05, 0) is 64.6 Å². The van der Waals surface area contributed by atoms with E-state index in [1.807, 2.05) is 32.9 Å². The highest BCUT2D eigenvalue weighted by atomic mass is 35.5. The van der Waals surface area contributed by atoms with Crippen LogP contribution in [0.4, 0.5) is 0 Å². The molecule has 0 spiro atoms. The minimum atomic E-state index is -0.641. The van der Waals surface area contributed by atoms with Crippen molar-refractivity contribution in [3.63, 3.8) is 0 Å². The Hall–Kier alpha value is -3.07. The standard InChI is InChI=1S/C25H28ClN5O3/c1-13-10-28-14(2)23(13)21-9-22(24-15(3)31-34-16(24)4)30-25(29-21)17-6-18(26)8-20(7-17)33-12-19(32)11-27-5/h6-9,19,27,32H,10-12H2,1-5H3. The van der Waals surface area contributed by atoms with Crippen LogP contribution in [0, 0.1) is 13.8 Å². The number of rotatable bonds is 8. The average Bonchev–Trinajstić information content (AvgIpc) is 3.31. The van der Waals surface area contributed by atoms with Crippen molar-refractivity contribution in [3.8, 4) is 28.4 Å². The van der Waals surface area contributed by atoms with Crippen LogP contribution in [0.25, 0.3) is 28.2 Å². The number of aliphatic hydroxyl groups excluding tert-OH is 1. The van der Waals surface area contributed by atoms with Gasteiger partial charge in [-0.25, -0.2) is 9.97 Å². The maximum Gasteiger partial charge on any atom is 0.160 e. The number of ether oxygens (including phenoxy) is 1. The number of aliphatic imine (C=N–C) groups is 1. The molecule has 2 N–H and O–H groups in total. The number of aromatic nitrogens is 3. The van der Waals surface area contributed by atoms with E-state index in [1.165, 1.54) is 0 Å². The third-order valence-corrected chi connectivity index (χ3v) is 5.84. The zero-order chi connectivity index (χ0) is 24.4. The summed E-state index contributed by atoms with van der Waals surface area (Å²) in [6.45, 7) is 9.03. The Morgan fingerprint density at radius 3 is 2.53 bits per heavy atom. The van der Waals surface area contributed by atoms with E-state index < -0.39 is 6.10 Å². The van der Waals surface area contributed by atoms with Gasteiger partial charge in [0.15, 0.2) is 5.82 Å². The van der Waals surface area contributed by atoms with Crippen molar-refractivity contribution in [2.24, 2.45) is 4.99 Å². The van der Waals surface area contributed by atoms with Crippen LogP contribution in [0.1, 0.15) is 31.0 Å². The lowest BCUT2D eigenvalue weighted by atomic mass is 10.0. The van der Waals surface area contributed by atoms with E-state index in [2.05, 4.69) is 22.4 Å². The summed E-state index contributed by atoms with van der Waals surface area (Å²) >= 11 is 6.42. The molecule has 0 radical (unpaired) electrons. The first-order chi connectivity index (χ1) is 16.3. The summed E-state index contributed by atoms with van der Waals surface area (Å²) in [7, 11) is 1.77. The van der Waals surface area contributed by atoms with Crippen molar-refractivity contribution in [3.05, 3.63) is 52.0 Å². The van der Waals surface area contributed by atoms with E-state index >= 15 is 0 Å². The summed E-state index contributed by atoms with van der Waals surface area (Å²) in [6, 6.07) is 7.28. The molecule has 1 atom stereocenters. The van der Waals surface area contributed by atoms with E-state index in [0.29, 0.717) is 46.7 Å². The molecular weight excluding hydrogens is 454 g/mol. The summed E-state index contributed by atoms with van der Waals surface area (Å²) in [4.78, 5) is 14.3. The van der Waals surface area contributed by atoms with Crippen molar-refractivity contribution in [1.82, 2.24) is 20.4 Å². The molecule has 0 saturated carbocycles. The highest BCUT2D eigenvalue weighted by molar-refractivity contribution is 6.31. The van der Waals surface area contributed by atoms with E-state index in [1.54, 1.807) is 19.2 Å². The summed E-state index contributed by atoms with van der Waals surface area (Å²) < 4.78 is 11.2. The van der Waals surface area contributed by atoms with E-state index in [4.69, 9.17) is 30.8 Å². The Morgan fingerprint density at radius 2 is 1.88 bits per heavy atom. The number of allylic oxidation sites excluding steroid dienone is 1. The van der Waals surface area contributed by atoms with Gasteiger partial charge in [0.2, 0.25) is 0 Å². The lowest BCUT2D eigenvalue weighted by molar-refractivity contribution is 0.108. The Balaban J connectivity index is 1.82. The number of likely N-dealkylation sites (N-methyl/N-ethyl adjacent to an activating group) is 1. The number of halogens is 1. The zero-order valence-corrected chi connectivity index (χ0v) is 20.7. The molecule has 3 heterocycles. The first kappa shape index (κ1) is 24.1. The van der Waals surface area contributed by atoms with Gasteiger partial charge in [-0.15, -0.1) is 0 Å². The van der Waals surface area contributed by atoms with Crippen LogP contribution >= 0.6 is 11.6 Å². The quantitative estimate of drug-likeness (QED) is 0.494. The van der Waals surface area contributed by atoms with E-state index in [0.717, 1.165) is 33.8 Å². The largest absolute Gasteiger partial charge is 0.491 e. The van der Waals surface area contributed by atoms with Crippen molar-refractivity contribution in [2.75, 3.05) is 26.7 Å². The molecule has 9 heteroatoms. The minimum Gasteiger partial charge on any atom is -0.491 e. The third kappa shape index (κ3) is 5.04. The highest BCUT2D eigenvalue weighted by Gasteiger charge is 2.22. The Bertz CT molecular complexity index is 1260. The topological polar surface area (TPSA) is 106 Å². The maximum absolute atomic E-state index is 9.99. The van der Waals surface area contributed by atoms with Crippen LogP contribution in [0.15, 0.2) is 39.4 Å². The van der Waals surface area contributed by atoms with Gasteiger partial charge in [-0.3, -0.25) is 4.99 Å². The lowest BCUT2D eigenvalue weighted by Crippen LogP contribution is -2.29. The number of nitrogens with one attached hydrogen (secondary N) is 1. The van der Waals surface area contributed by atoms with Gasteiger partial charge in [-0.2, -0.15) is 0 Å². The zero-order valence-electron chi connectivity index (χ0n) is 19.9. The van der Waals surface area contributed by atoms with Gasteiger partial charge < -0.3 is 19.7 Å². The lowest BCUT2D eigenvalue weighted by Gasteiger charge is -2.14. The summed E-state index contributed by atoms with van der Waals surface area (Å²) in [6.07, 6.45) is -0.641. The van der Waals surface area contributed by atoms with E-state index in [-0.39, 0.29) is 6.61 Å². The molecule has 1 unspecified atom stereocenters. The first-order valence-electron chi connectivity index (χ1n) is 11.1. The molecule has 0 fully saturated rings. The number of nitrogens with zero attached hydrogens (tertiary/aromatic N) is 4. The van der Waals surface area contributed by atoms with E-state index in [9.17, 15) is 5.11 Å². The van der Waals surface area contributed by atoms with Crippen molar-refractivity contribution in [2.45, 2.75) is 33.8 Å². The molecule has 1 aliphatic heterocycles. The molecular formula is C25H28ClN5O3. The summed E-state index contributed by atoms with van der Waals surface area (Å²) in [5.41, 5.74) is 6.90. The molecule has 2 aromatic heterocycles. The van der Waals surface area contributed by atoms with Gasteiger partial charge in [0.25, 0.3) is 0 Å². The predicted octanol–water partition coefficient (Wildman–Crippen LogP) is 4.28. The van der Waals surface area contributed by atoms with Gasteiger partial charge in [-0.1, -0.05) is 16.8 Å². The molecule has 178 valence electrons. The molecule has 0 amide bonds. The smallest absolute Gasteiger partial charge is 0.160 e. The summed E-state index contributed by atoms with van der Waals surface area (Å²) in [5, 5.41) is 17.5. The minimum absolute atomic E-state index is 0.133. The molecule has 1 aromatic carbocycles. The fraction of sp³-hybridized carbons (Fsp3) is 0.360. The van der Waals surface area contributed by atoms with Crippen LogP contribution in [0.3, 0.4) is 0 Å². The second kappa shape index (κ2) is 10.0. The Morgan fingerprint density at radius 1 is 1.12 bits per heavy atom. The Kier molecular flexibility index (Phi) is 7.11. The van der Waals surface area contributed by atoms with Crippen molar-refractivity contribution < 1.29 is 14.4 Å². The van der Waals surface area contributed by atoms with Gasteiger partial charge in [0.05, 0.1) is 29.2 Å². The monoisotopic (exact) mass is 481 g/mol. The number of aryl methyl sites for hydroxylation is 2. The van der Waals surface area contributed by atoms with Crippen LogP contribution < -0.4 is 10.1 Å². The van der Waals surface area contributed by atoms with Gasteiger partial charge >= 0.3 is 0 Å². The number of aliphatic hydroxyl groups is 1. The van der Waals surface area contributed by atoms with Crippen LogP contribution in [0.2, 0.25) is 5.02 Å². The summed E-state index contributed by atoms with van der Waals surface area (Å²) in [5.74, 6) is 1.71. The number of hydrogen-bond acceptors (Lipinski definition) is 8.